The molecule has 160 valence electrons. The van der Waals surface area contributed by atoms with Crippen LogP contribution in [0.4, 0.5) is 11.4 Å². The molecule has 2 amide bonds. The molecule has 0 aliphatic carbocycles. The maximum Gasteiger partial charge on any atom is 0.257 e. The van der Waals surface area contributed by atoms with Crippen LogP contribution in [-0.2, 0) is 11.3 Å². The molecule has 6 nitrogen and oxygen atoms in total. The number of piperazine rings is 1. The maximum atomic E-state index is 12.7. The van der Waals surface area contributed by atoms with Crippen LogP contribution in [0, 0.1) is 0 Å². The first-order valence-electron chi connectivity index (χ1n) is 10.4. The number of nitrogens with one attached hydrogen (secondary N) is 2. The number of para-hydroxylation sites is 2. The smallest absolute Gasteiger partial charge is 0.257 e. The highest BCUT2D eigenvalue weighted by Gasteiger charge is 2.20. The van der Waals surface area contributed by atoms with Crippen molar-refractivity contribution in [3.8, 4) is 0 Å². The molecule has 0 bridgehead atoms. The predicted octanol–water partition coefficient (Wildman–Crippen LogP) is 3.76. The zero-order valence-corrected chi connectivity index (χ0v) is 18.1. The van der Waals surface area contributed by atoms with Crippen molar-refractivity contribution in [3.63, 3.8) is 0 Å². The Bertz CT molecular complexity index is 999. The van der Waals surface area contributed by atoms with E-state index in [2.05, 4.69) is 37.9 Å². The predicted molar refractivity (Wildman–Crippen MR) is 126 cm³/mol. The van der Waals surface area contributed by atoms with Crippen molar-refractivity contribution < 1.29 is 9.59 Å². The first-order chi connectivity index (χ1) is 15.2. The summed E-state index contributed by atoms with van der Waals surface area (Å²) in [5, 5.41) is 7.89. The molecule has 0 unspecified atom stereocenters. The summed E-state index contributed by atoms with van der Waals surface area (Å²) < 4.78 is 0. The summed E-state index contributed by atoms with van der Waals surface area (Å²) in [7, 11) is 0. The van der Waals surface area contributed by atoms with Gasteiger partial charge in [0.05, 0.1) is 17.8 Å². The first-order valence-corrected chi connectivity index (χ1v) is 11.3. The van der Waals surface area contributed by atoms with Gasteiger partial charge in [0.1, 0.15) is 0 Å². The molecule has 2 heterocycles. The molecular formula is C24H26N4O2S. The van der Waals surface area contributed by atoms with Gasteiger partial charge in [-0.3, -0.25) is 19.4 Å². The van der Waals surface area contributed by atoms with Crippen LogP contribution in [-0.4, -0.2) is 54.3 Å². The lowest BCUT2D eigenvalue weighted by Crippen LogP contribution is -2.48. The quantitative estimate of drug-likeness (QED) is 0.594. The number of benzene rings is 2. The molecule has 1 saturated heterocycles. The second kappa shape index (κ2) is 10.3. The molecule has 1 aliphatic rings. The van der Waals surface area contributed by atoms with Crippen LogP contribution in [0.25, 0.3) is 0 Å². The van der Waals surface area contributed by atoms with Gasteiger partial charge in [0.15, 0.2) is 0 Å². The van der Waals surface area contributed by atoms with Gasteiger partial charge in [0.25, 0.3) is 5.91 Å². The molecule has 0 atom stereocenters. The fourth-order valence-electron chi connectivity index (χ4n) is 3.63. The van der Waals surface area contributed by atoms with Crippen LogP contribution < -0.4 is 10.6 Å². The van der Waals surface area contributed by atoms with Crippen molar-refractivity contribution in [2.24, 2.45) is 0 Å². The zero-order chi connectivity index (χ0) is 21.5. The van der Waals surface area contributed by atoms with Crippen molar-refractivity contribution in [1.82, 2.24) is 9.80 Å². The van der Waals surface area contributed by atoms with E-state index in [1.165, 1.54) is 4.88 Å². The number of hydrogen-bond donors (Lipinski definition) is 2. The largest absolute Gasteiger partial charge is 0.324 e. The van der Waals surface area contributed by atoms with Crippen LogP contribution in [0.5, 0.6) is 0 Å². The van der Waals surface area contributed by atoms with Gasteiger partial charge in [-0.05, 0) is 35.7 Å². The Labute approximate surface area is 186 Å². The summed E-state index contributed by atoms with van der Waals surface area (Å²) in [5.41, 5.74) is 1.69. The van der Waals surface area contributed by atoms with Gasteiger partial charge < -0.3 is 10.6 Å². The summed E-state index contributed by atoms with van der Waals surface area (Å²) in [5.74, 6) is -0.351. The molecule has 2 N–H and O–H groups in total. The van der Waals surface area contributed by atoms with E-state index < -0.39 is 0 Å². The topological polar surface area (TPSA) is 64.7 Å². The molecule has 1 aromatic heterocycles. The van der Waals surface area contributed by atoms with Crippen LogP contribution in [0.15, 0.2) is 72.1 Å². The number of nitrogens with zero attached hydrogens (tertiary/aromatic N) is 2. The highest BCUT2D eigenvalue weighted by molar-refractivity contribution is 7.09. The summed E-state index contributed by atoms with van der Waals surface area (Å²) in [4.78, 5) is 31.3. The summed E-state index contributed by atoms with van der Waals surface area (Å²) in [6, 6.07) is 20.6. The van der Waals surface area contributed by atoms with E-state index in [4.69, 9.17) is 0 Å². The van der Waals surface area contributed by atoms with Gasteiger partial charge in [-0.1, -0.05) is 36.4 Å². The first kappa shape index (κ1) is 21.2. The van der Waals surface area contributed by atoms with E-state index in [0.29, 0.717) is 23.5 Å². The Morgan fingerprint density at radius 1 is 0.806 bits per heavy atom. The van der Waals surface area contributed by atoms with Crippen molar-refractivity contribution >= 4 is 34.5 Å². The SMILES string of the molecule is O=C(CN1CCN(Cc2cccs2)CC1)Nc1ccccc1C(=O)Nc1ccccc1. The summed E-state index contributed by atoms with van der Waals surface area (Å²) in [6.07, 6.45) is 0. The van der Waals surface area contributed by atoms with E-state index in [9.17, 15) is 9.59 Å². The molecule has 0 saturated carbocycles. The van der Waals surface area contributed by atoms with Crippen molar-refractivity contribution in [1.29, 1.82) is 0 Å². The van der Waals surface area contributed by atoms with Gasteiger partial charge in [0, 0.05) is 43.3 Å². The fraction of sp³-hybridized carbons (Fsp3) is 0.250. The van der Waals surface area contributed by atoms with Gasteiger partial charge >= 0.3 is 0 Å². The van der Waals surface area contributed by atoms with Gasteiger partial charge in [-0.15, -0.1) is 11.3 Å². The minimum Gasteiger partial charge on any atom is -0.324 e. The van der Waals surface area contributed by atoms with Gasteiger partial charge in [-0.2, -0.15) is 0 Å². The fourth-order valence-corrected chi connectivity index (χ4v) is 4.38. The Morgan fingerprint density at radius 3 is 2.26 bits per heavy atom. The molecule has 1 fully saturated rings. The van der Waals surface area contributed by atoms with Crippen molar-refractivity contribution in [3.05, 3.63) is 82.6 Å². The van der Waals surface area contributed by atoms with E-state index in [-0.39, 0.29) is 11.8 Å². The lowest BCUT2D eigenvalue weighted by Gasteiger charge is -2.34. The average Bonchev–Trinajstić information content (AvgIpc) is 3.29. The normalized spacial score (nSPS) is 14.8. The lowest BCUT2D eigenvalue weighted by molar-refractivity contribution is -0.117. The second-order valence-corrected chi connectivity index (χ2v) is 8.58. The zero-order valence-electron chi connectivity index (χ0n) is 17.3. The Morgan fingerprint density at radius 2 is 1.52 bits per heavy atom. The Balaban J connectivity index is 1.29. The highest BCUT2D eigenvalue weighted by Crippen LogP contribution is 2.18. The Kier molecular flexibility index (Phi) is 7.09. The third-order valence-corrected chi connectivity index (χ3v) is 6.13. The molecule has 31 heavy (non-hydrogen) atoms. The Hall–Kier alpha value is -3.00. The number of carbonyl (C=O) groups is 2. The van der Waals surface area contributed by atoms with E-state index in [0.717, 1.165) is 32.7 Å². The van der Waals surface area contributed by atoms with E-state index in [1.807, 2.05) is 36.4 Å². The summed E-state index contributed by atoms with van der Waals surface area (Å²) >= 11 is 1.78. The van der Waals surface area contributed by atoms with E-state index in [1.54, 1.807) is 29.5 Å². The van der Waals surface area contributed by atoms with Crippen LogP contribution in [0.2, 0.25) is 0 Å². The summed E-state index contributed by atoms with van der Waals surface area (Å²) in [6.45, 7) is 4.90. The number of hydrogen-bond acceptors (Lipinski definition) is 5. The van der Waals surface area contributed by atoms with Gasteiger partial charge in [-0.25, -0.2) is 0 Å². The number of anilines is 2. The van der Waals surface area contributed by atoms with Crippen LogP contribution in [0.1, 0.15) is 15.2 Å². The van der Waals surface area contributed by atoms with Crippen LogP contribution in [0.3, 0.4) is 0 Å². The molecular weight excluding hydrogens is 408 g/mol. The van der Waals surface area contributed by atoms with Crippen molar-refractivity contribution in [2.45, 2.75) is 6.54 Å². The number of amides is 2. The standard InChI is InChI=1S/C24H26N4O2S/c29-23(18-28-14-12-27(13-15-28)17-20-9-6-16-31-20)26-22-11-5-4-10-21(22)24(30)25-19-7-2-1-3-8-19/h1-11,16H,12-15,17-18H2,(H,25,30)(H,26,29). The number of carbonyl (C=O) groups excluding carboxylic acids is 2. The second-order valence-electron chi connectivity index (χ2n) is 7.55. The molecule has 1 aliphatic heterocycles. The molecule has 7 heteroatoms. The molecule has 0 radical (unpaired) electrons. The van der Waals surface area contributed by atoms with E-state index >= 15 is 0 Å². The number of rotatable bonds is 7. The molecule has 4 rings (SSSR count). The third-order valence-electron chi connectivity index (χ3n) is 5.27. The minimum atomic E-state index is -0.246. The average molecular weight is 435 g/mol. The van der Waals surface area contributed by atoms with Crippen LogP contribution >= 0.6 is 11.3 Å². The van der Waals surface area contributed by atoms with Crippen molar-refractivity contribution in [2.75, 3.05) is 43.4 Å². The van der Waals surface area contributed by atoms with Gasteiger partial charge in [0.2, 0.25) is 5.91 Å². The highest BCUT2D eigenvalue weighted by atomic mass is 32.1. The third kappa shape index (κ3) is 6.01. The monoisotopic (exact) mass is 434 g/mol. The maximum absolute atomic E-state index is 12.7. The molecule has 2 aromatic carbocycles. The molecule has 3 aromatic rings. The minimum absolute atomic E-state index is 0.105. The lowest BCUT2D eigenvalue weighted by atomic mass is 10.1. The number of thiophene rings is 1. The molecule has 0 spiro atoms.